The van der Waals surface area contributed by atoms with E-state index in [1.54, 1.807) is 18.2 Å². The fourth-order valence-electron chi connectivity index (χ4n) is 2.39. The van der Waals surface area contributed by atoms with E-state index in [9.17, 15) is 4.79 Å². The number of hydrogen-bond acceptors (Lipinski definition) is 4. The number of halogens is 3. The van der Waals surface area contributed by atoms with Crippen molar-refractivity contribution in [3.8, 4) is 11.5 Å². The highest BCUT2D eigenvalue weighted by molar-refractivity contribution is 7.99. The van der Waals surface area contributed by atoms with E-state index in [0.29, 0.717) is 51.2 Å². The van der Waals surface area contributed by atoms with Crippen LogP contribution in [0, 0.1) is 0 Å². The SMILES string of the molecule is CC(SCc1cc(Cl)c2c(c1)OCCO2)C(=O)Nc1c(Cl)cccc1Cl. The zero-order valence-electron chi connectivity index (χ0n) is 13.9. The number of ether oxygens (including phenoxy) is 2. The zero-order chi connectivity index (χ0) is 18.7. The minimum absolute atomic E-state index is 0.173. The summed E-state index contributed by atoms with van der Waals surface area (Å²) in [5, 5.41) is 3.79. The van der Waals surface area contributed by atoms with Crippen LogP contribution in [0.25, 0.3) is 0 Å². The van der Waals surface area contributed by atoms with Crippen molar-refractivity contribution in [3.05, 3.63) is 51.0 Å². The summed E-state index contributed by atoms with van der Waals surface area (Å²) in [5.74, 6) is 1.64. The van der Waals surface area contributed by atoms with Crippen LogP contribution in [0.3, 0.4) is 0 Å². The van der Waals surface area contributed by atoms with Crippen LogP contribution in [0.2, 0.25) is 15.1 Å². The predicted octanol–water partition coefficient (Wildman–Crippen LogP) is 5.68. The maximum absolute atomic E-state index is 12.4. The normalized spacial score (nSPS) is 14.0. The van der Waals surface area contributed by atoms with E-state index < -0.39 is 0 Å². The molecule has 8 heteroatoms. The third kappa shape index (κ3) is 4.52. The van der Waals surface area contributed by atoms with Gasteiger partial charge in [-0.1, -0.05) is 40.9 Å². The topological polar surface area (TPSA) is 47.6 Å². The molecule has 1 heterocycles. The fourth-order valence-corrected chi connectivity index (χ4v) is 3.99. The van der Waals surface area contributed by atoms with Crippen LogP contribution in [0.1, 0.15) is 12.5 Å². The van der Waals surface area contributed by atoms with Crippen LogP contribution < -0.4 is 14.8 Å². The monoisotopic (exact) mass is 431 g/mol. The molecule has 0 spiro atoms. The Kier molecular flexibility index (Phi) is 6.46. The van der Waals surface area contributed by atoms with Crippen LogP contribution >= 0.6 is 46.6 Å². The summed E-state index contributed by atoms with van der Waals surface area (Å²) in [6, 6.07) is 8.81. The number of anilines is 1. The van der Waals surface area contributed by atoms with Crippen LogP contribution in [0.5, 0.6) is 11.5 Å². The molecule has 4 nitrogen and oxygen atoms in total. The average molecular weight is 433 g/mol. The van der Waals surface area contributed by atoms with Crippen LogP contribution in [-0.2, 0) is 10.5 Å². The van der Waals surface area contributed by atoms with Gasteiger partial charge in [-0.05, 0) is 36.8 Å². The summed E-state index contributed by atoms with van der Waals surface area (Å²) < 4.78 is 11.1. The number of rotatable bonds is 5. The highest BCUT2D eigenvalue weighted by Gasteiger charge is 2.19. The van der Waals surface area contributed by atoms with Gasteiger partial charge >= 0.3 is 0 Å². The molecule has 26 heavy (non-hydrogen) atoms. The third-order valence-corrected chi connectivity index (χ3v) is 5.86. The molecule has 1 unspecified atom stereocenters. The zero-order valence-corrected chi connectivity index (χ0v) is 16.9. The van der Waals surface area contributed by atoms with Crippen molar-refractivity contribution in [3.63, 3.8) is 0 Å². The van der Waals surface area contributed by atoms with Gasteiger partial charge in [0, 0.05) is 5.75 Å². The van der Waals surface area contributed by atoms with Gasteiger partial charge in [0.05, 0.1) is 26.0 Å². The molecule has 2 aromatic rings. The Balaban J connectivity index is 1.62. The standard InChI is InChI=1S/C18H16Cl3NO3S/c1-10(18(23)22-16-12(19)3-2-4-13(16)20)26-9-11-7-14(21)17-15(8-11)24-5-6-25-17/h2-4,7-8,10H,5-6,9H2,1H3,(H,22,23). The summed E-state index contributed by atoms with van der Waals surface area (Å²) in [7, 11) is 0. The van der Waals surface area contributed by atoms with E-state index >= 15 is 0 Å². The molecule has 1 aliphatic rings. The number of thioether (sulfide) groups is 1. The smallest absolute Gasteiger partial charge is 0.237 e. The van der Waals surface area contributed by atoms with Crippen molar-refractivity contribution in [1.82, 2.24) is 0 Å². The molecule has 0 saturated carbocycles. The number of carbonyl (C=O) groups is 1. The minimum Gasteiger partial charge on any atom is -0.486 e. The lowest BCUT2D eigenvalue weighted by Crippen LogP contribution is -2.23. The second-order valence-corrected chi connectivity index (χ2v) is 8.19. The molecule has 1 aliphatic heterocycles. The number of fused-ring (bicyclic) bond motifs is 1. The molecule has 1 N–H and O–H groups in total. The molecule has 2 aromatic carbocycles. The van der Waals surface area contributed by atoms with Crippen LogP contribution in [0.4, 0.5) is 5.69 Å². The van der Waals surface area contributed by atoms with Gasteiger partial charge in [0.25, 0.3) is 0 Å². The molecular formula is C18H16Cl3NO3S. The first-order chi connectivity index (χ1) is 12.5. The molecular weight excluding hydrogens is 417 g/mol. The molecule has 3 rings (SSSR count). The van der Waals surface area contributed by atoms with Gasteiger partial charge in [-0.3, -0.25) is 4.79 Å². The number of benzene rings is 2. The van der Waals surface area contributed by atoms with Crippen molar-refractivity contribution in [1.29, 1.82) is 0 Å². The Morgan fingerprint density at radius 2 is 1.85 bits per heavy atom. The minimum atomic E-state index is -0.311. The Labute approximate surface area is 171 Å². The second kappa shape index (κ2) is 8.61. The number of para-hydroxylation sites is 1. The number of carbonyl (C=O) groups excluding carboxylic acids is 1. The van der Waals surface area contributed by atoms with Gasteiger partial charge in [0.1, 0.15) is 13.2 Å². The molecule has 1 atom stereocenters. The highest BCUT2D eigenvalue weighted by atomic mass is 35.5. The lowest BCUT2D eigenvalue weighted by molar-refractivity contribution is -0.115. The van der Waals surface area contributed by atoms with E-state index in [4.69, 9.17) is 44.3 Å². The predicted molar refractivity (Wildman–Crippen MR) is 108 cm³/mol. The summed E-state index contributed by atoms with van der Waals surface area (Å²) >= 11 is 19.9. The first-order valence-electron chi connectivity index (χ1n) is 7.90. The maximum atomic E-state index is 12.4. The molecule has 1 amide bonds. The first kappa shape index (κ1) is 19.5. The number of hydrogen-bond donors (Lipinski definition) is 1. The summed E-state index contributed by atoms with van der Waals surface area (Å²) in [4.78, 5) is 12.4. The highest BCUT2D eigenvalue weighted by Crippen LogP contribution is 2.39. The molecule has 138 valence electrons. The molecule has 0 radical (unpaired) electrons. The van der Waals surface area contributed by atoms with Gasteiger partial charge < -0.3 is 14.8 Å². The molecule has 0 aliphatic carbocycles. The lowest BCUT2D eigenvalue weighted by atomic mass is 10.2. The third-order valence-electron chi connectivity index (χ3n) is 3.74. The quantitative estimate of drug-likeness (QED) is 0.660. The molecule has 0 aromatic heterocycles. The van der Waals surface area contributed by atoms with Gasteiger partial charge in [-0.15, -0.1) is 11.8 Å². The van der Waals surface area contributed by atoms with Gasteiger partial charge in [0.2, 0.25) is 5.91 Å². The van der Waals surface area contributed by atoms with Crippen molar-refractivity contribution < 1.29 is 14.3 Å². The molecule has 0 saturated heterocycles. The molecule has 0 fully saturated rings. The first-order valence-corrected chi connectivity index (χ1v) is 10.1. The maximum Gasteiger partial charge on any atom is 0.237 e. The van der Waals surface area contributed by atoms with Gasteiger partial charge in [0.15, 0.2) is 11.5 Å². The van der Waals surface area contributed by atoms with E-state index in [1.165, 1.54) is 11.8 Å². The summed E-state index contributed by atoms with van der Waals surface area (Å²) in [6.45, 7) is 2.81. The average Bonchev–Trinajstić information content (AvgIpc) is 2.62. The Bertz CT molecular complexity index is 811. The lowest BCUT2D eigenvalue weighted by Gasteiger charge is -2.20. The number of nitrogens with one attached hydrogen (secondary N) is 1. The van der Waals surface area contributed by atoms with Crippen molar-refractivity contribution >= 4 is 58.2 Å². The van der Waals surface area contributed by atoms with E-state index in [-0.39, 0.29) is 11.2 Å². The largest absolute Gasteiger partial charge is 0.486 e. The van der Waals surface area contributed by atoms with Crippen molar-refractivity contribution in [2.45, 2.75) is 17.9 Å². The van der Waals surface area contributed by atoms with Crippen molar-refractivity contribution in [2.75, 3.05) is 18.5 Å². The van der Waals surface area contributed by atoms with E-state index in [2.05, 4.69) is 5.32 Å². The van der Waals surface area contributed by atoms with Gasteiger partial charge in [-0.25, -0.2) is 0 Å². The van der Waals surface area contributed by atoms with Crippen LogP contribution in [-0.4, -0.2) is 24.4 Å². The summed E-state index contributed by atoms with van der Waals surface area (Å²) in [6.07, 6.45) is 0. The fraction of sp³-hybridized carbons (Fsp3) is 0.278. The Hall–Kier alpha value is -1.27. The van der Waals surface area contributed by atoms with Crippen LogP contribution in [0.15, 0.2) is 30.3 Å². The Morgan fingerprint density at radius 1 is 1.15 bits per heavy atom. The summed E-state index contributed by atoms with van der Waals surface area (Å²) in [5.41, 5.74) is 1.38. The molecule has 0 bridgehead atoms. The van der Waals surface area contributed by atoms with E-state index in [0.717, 1.165) is 5.56 Å². The Morgan fingerprint density at radius 3 is 2.58 bits per heavy atom. The van der Waals surface area contributed by atoms with Gasteiger partial charge in [-0.2, -0.15) is 0 Å². The second-order valence-electron chi connectivity index (χ2n) is 5.64. The van der Waals surface area contributed by atoms with Crippen molar-refractivity contribution in [2.24, 2.45) is 0 Å². The number of amides is 1. The van der Waals surface area contributed by atoms with E-state index in [1.807, 2.05) is 19.1 Å².